The van der Waals surface area contributed by atoms with Gasteiger partial charge >= 0.3 is 6.18 Å². The first-order valence-electron chi connectivity index (χ1n) is 6.66. The SMILES string of the molecule is N#CNC1=NCC2(CN1Cc1nc(C(F)(F)F)co1)OCCO2. The van der Waals surface area contributed by atoms with E-state index in [1.165, 1.54) is 4.90 Å². The van der Waals surface area contributed by atoms with Gasteiger partial charge in [0.25, 0.3) is 0 Å². The Balaban J connectivity index is 1.78. The van der Waals surface area contributed by atoms with E-state index in [4.69, 9.17) is 19.2 Å². The van der Waals surface area contributed by atoms with Crippen molar-refractivity contribution in [2.45, 2.75) is 18.5 Å². The molecule has 0 atom stereocenters. The van der Waals surface area contributed by atoms with Crippen molar-refractivity contribution in [3.8, 4) is 6.19 Å². The van der Waals surface area contributed by atoms with E-state index in [2.05, 4.69) is 15.3 Å². The highest BCUT2D eigenvalue weighted by atomic mass is 19.4. The predicted octanol–water partition coefficient (Wildman–Crippen LogP) is 0.679. The van der Waals surface area contributed by atoms with Crippen molar-refractivity contribution in [3.05, 3.63) is 17.8 Å². The lowest BCUT2D eigenvalue weighted by Crippen LogP contribution is -2.55. The highest BCUT2D eigenvalue weighted by molar-refractivity contribution is 5.82. The number of alkyl halides is 3. The van der Waals surface area contributed by atoms with Crippen molar-refractivity contribution in [1.82, 2.24) is 15.2 Å². The zero-order chi connectivity index (χ0) is 16.5. The summed E-state index contributed by atoms with van der Waals surface area (Å²) in [6.07, 6.45) is -2.30. The van der Waals surface area contributed by atoms with Gasteiger partial charge in [-0.15, -0.1) is 0 Å². The van der Waals surface area contributed by atoms with Gasteiger partial charge in [0.2, 0.25) is 17.6 Å². The van der Waals surface area contributed by atoms with Crippen molar-refractivity contribution in [1.29, 1.82) is 5.26 Å². The summed E-state index contributed by atoms with van der Waals surface area (Å²) in [6.45, 7) is 1.07. The summed E-state index contributed by atoms with van der Waals surface area (Å²) in [5.41, 5.74) is -1.11. The predicted molar refractivity (Wildman–Crippen MR) is 67.6 cm³/mol. The van der Waals surface area contributed by atoms with E-state index in [1.54, 1.807) is 6.19 Å². The number of rotatable bonds is 2. The van der Waals surface area contributed by atoms with Gasteiger partial charge in [0, 0.05) is 0 Å². The second-order valence-electron chi connectivity index (χ2n) is 4.96. The molecule has 2 aliphatic rings. The number of nitrogens with zero attached hydrogens (tertiary/aromatic N) is 4. The summed E-state index contributed by atoms with van der Waals surface area (Å²) in [5.74, 6) is -0.913. The van der Waals surface area contributed by atoms with Gasteiger partial charge in [-0.3, -0.25) is 5.32 Å². The van der Waals surface area contributed by atoms with Gasteiger partial charge in [-0.05, 0) is 0 Å². The van der Waals surface area contributed by atoms with Crippen molar-refractivity contribution < 1.29 is 27.1 Å². The van der Waals surface area contributed by atoms with Crippen LogP contribution in [0.4, 0.5) is 13.2 Å². The molecule has 0 unspecified atom stereocenters. The number of nitriles is 1. The van der Waals surface area contributed by atoms with E-state index >= 15 is 0 Å². The highest BCUT2D eigenvalue weighted by Crippen LogP contribution is 2.29. The highest BCUT2D eigenvalue weighted by Gasteiger charge is 2.43. The third-order valence-electron chi connectivity index (χ3n) is 3.35. The van der Waals surface area contributed by atoms with Crippen LogP contribution in [0, 0.1) is 11.5 Å². The normalized spacial score (nSPS) is 20.4. The zero-order valence-corrected chi connectivity index (χ0v) is 11.8. The number of hydrogen-bond acceptors (Lipinski definition) is 8. The fourth-order valence-electron chi connectivity index (χ4n) is 2.37. The molecule has 23 heavy (non-hydrogen) atoms. The van der Waals surface area contributed by atoms with Gasteiger partial charge in [-0.1, -0.05) is 0 Å². The first kappa shape index (κ1) is 15.6. The molecule has 0 amide bonds. The Labute approximate surface area is 128 Å². The molecule has 8 nitrogen and oxygen atoms in total. The smallest absolute Gasteiger partial charge is 0.436 e. The Morgan fingerprint density at radius 2 is 2.13 bits per heavy atom. The second kappa shape index (κ2) is 5.71. The molecule has 2 aliphatic heterocycles. The van der Waals surface area contributed by atoms with Crippen molar-refractivity contribution in [2.75, 3.05) is 26.3 Å². The Morgan fingerprint density at radius 1 is 1.39 bits per heavy atom. The molecule has 0 radical (unpaired) electrons. The first-order chi connectivity index (χ1) is 10.9. The van der Waals surface area contributed by atoms with Crippen LogP contribution < -0.4 is 5.32 Å². The van der Waals surface area contributed by atoms with Gasteiger partial charge in [0.1, 0.15) is 6.26 Å². The van der Waals surface area contributed by atoms with Gasteiger partial charge in [0.15, 0.2) is 11.9 Å². The summed E-state index contributed by atoms with van der Waals surface area (Å²) in [6, 6.07) is 0. The third kappa shape index (κ3) is 3.22. The van der Waals surface area contributed by atoms with Gasteiger partial charge < -0.3 is 18.8 Å². The summed E-state index contributed by atoms with van der Waals surface area (Å²) >= 11 is 0. The fraction of sp³-hybridized carbons (Fsp3) is 0.583. The van der Waals surface area contributed by atoms with Crippen LogP contribution in [0.15, 0.2) is 15.7 Å². The maximum absolute atomic E-state index is 12.6. The molecule has 1 spiro atoms. The van der Waals surface area contributed by atoms with Crippen LogP contribution >= 0.6 is 0 Å². The van der Waals surface area contributed by atoms with Crippen LogP contribution in [0.1, 0.15) is 11.6 Å². The van der Waals surface area contributed by atoms with Crippen LogP contribution in [-0.4, -0.2) is 47.9 Å². The number of nitrogens with one attached hydrogen (secondary N) is 1. The average molecular weight is 331 g/mol. The Kier molecular flexibility index (Phi) is 3.87. The Bertz CT molecular complexity index is 645. The van der Waals surface area contributed by atoms with Gasteiger partial charge in [0.05, 0.1) is 32.8 Å². The van der Waals surface area contributed by atoms with Gasteiger partial charge in [-0.2, -0.15) is 18.4 Å². The van der Waals surface area contributed by atoms with Crippen LogP contribution in [0.25, 0.3) is 0 Å². The van der Waals surface area contributed by atoms with E-state index in [0.717, 1.165) is 0 Å². The van der Waals surface area contributed by atoms with Crippen LogP contribution in [0.3, 0.4) is 0 Å². The minimum Gasteiger partial charge on any atom is -0.446 e. The molecule has 0 saturated carbocycles. The summed E-state index contributed by atoms with van der Waals surface area (Å²) in [4.78, 5) is 9.05. The topological polar surface area (TPSA) is 95.9 Å². The monoisotopic (exact) mass is 331 g/mol. The molecule has 0 bridgehead atoms. The molecular formula is C12H12F3N5O3. The fourth-order valence-corrected chi connectivity index (χ4v) is 2.37. The summed E-state index contributed by atoms with van der Waals surface area (Å²) in [7, 11) is 0. The molecule has 1 saturated heterocycles. The lowest BCUT2D eigenvalue weighted by molar-refractivity contribution is -0.161. The number of aliphatic imine (C=N–C) groups is 1. The van der Waals surface area contributed by atoms with Crippen LogP contribution in [0.5, 0.6) is 0 Å². The number of guanidine groups is 1. The average Bonchev–Trinajstić information content (AvgIpc) is 3.12. The number of ether oxygens (including phenoxy) is 2. The molecule has 1 aromatic rings. The van der Waals surface area contributed by atoms with Crippen LogP contribution in [-0.2, 0) is 22.2 Å². The zero-order valence-electron chi connectivity index (χ0n) is 11.8. The molecule has 3 heterocycles. The maximum atomic E-state index is 12.6. The van der Waals surface area contributed by atoms with Gasteiger partial charge in [-0.25, -0.2) is 9.98 Å². The summed E-state index contributed by atoms with van der Waals surface area (Å²) < 4.78 is 53.6. The molecule has 0 aromatic carbocycles. The van der Waals surface area contributed by atoms with Crippen molar-refractivity contribution in [3.63, 3.8) is 0 Å². The Morgan fingerprint density at radius 3 is 2.74 bits per heavy atom. The molecule has 0 aliphatic carbocycles. The van der Waals surface area contributed by atoms with E-state index in [0.29, 0.717) is 19.5 Å². The number of aromatic nitrogens is 1. The number of hydrogen-bond donors (Lipinski definition) is 1. The second-order valence-corrected chi connectivity index (χ2v) is 4.96. The van der Waals surface area contributed by atoms with Crippen LogP contribution in [0.2, 0.25) is 0 Å². The minimum absolute atomic E-state index is 0.113. The lowest BCUT2D eigenvalue weighted by atomic mass is 10.2. The third-order valence-corrected chi connectivity index (χ3v) is 3.35. The molecule has 3 rings (SSSR count). The quantitative estimate of drug-likeness (QED) is 0.629. The minimum atomic E-state index is -4.58. The summed E-state index contributed by atoms with van der Waals surface area (Å²) in [5, 5.41) is 11.1. The molecule has 11 heteroatoms. The largest absolute Gasteiger partial charge is 0.446 e. The maximum Gasteiger partial charge on any atom is 0.436 e. The molecular weight excluding hydrogens is 319 g/mol. The first-order valence-corrected chi connectivity index (χ1v) is 6.66. The lowest BCUT2D eigenvalue weighted by Gasteiger charge is -2.37. The molecule has 1 fully saturated rings. The van der Waals surface area contributed by atoms with Crippen molar-refractivity contribution >= 4 is 5.96 Å². The standard InChI is InChI=1S/C12H12F3N5O3/c13-12(14,15)8-4-21-9(19-8)3-20-6-11(22-1-2-23-11)5-17-10(20)18-7-16/h4H,1-3,5-6H2,(H,17,18). The van der Waals surface area contributed by atoms with E-state index in [1.807, 2.05) is 0 Å². The molecule has 124 valence electrons. The Hall–Kier alpha value is -2.32. The van der Waals surface area contributed by atoms with E-state index in [9.17, 15) is 13.2 Å². The molecule has 1 N–H and O–H groups in total. The van der Waals surface area contributed by atoms with E-state index < -0.39 is 17.7 Å². The number of halogens is 3. The van der Waals surface area contributed by atoms with E-state index in [-0.39, 0.29) is 31.5 Å². The molecule has 1 aromatic heterocycles. The number of oxazole rings is 1. The van der Waals surface area contributed by atoms with Crippen molar-refractivity contribution in [2.24, 2.45) is 4.99 Å².